The molecule has 0 atom stereocenters. The summed E-state index contributed by atoms with van der Waals surface area (Å²) in [6, 6.07) is 7.07. The summed E-state index contributed by atoms with van der Waals surface area (Å²) >= 11 is 0. The van der Waals surface area contributed by atoms with Gasteiger partial charge in [0.05, 0.1) is 11.8 Å². The molecule has 1 aromatic carbocycles. The van der Waals surface area contributed by atoms with Gasteiger partial charge in [-0.15, -0.1) is 0 Å². The highest BCUT2D eigenvalue weighted by Gasteiger charge is 2.12. The van der Waals surface area contributed by atoms with Crippen molar-refractivity contribution in [3.8, 4) is 11.1 Å². The molecule has 0 aliphatic heterocycles. The fourth-order valence-electron chi connectivity index (χ4n) is 2.74. The van der Waals surface area contributed by atoms with Crippen molar-refractivity contribution >= 4 is 17.4 Å². The smallest absolute Gasteiger partial charge is 0.335 e. The predicted molar refractivity (Wildman–Crippen MR) is 101 cm³/mol. The summed E-state index contributed by atoms with van der Waals surface area (Å²) < 4.78 is 1.68. The van der Waals surface area contributed by atoms with Crippen LogP contribution >= 0.6 is 0 Å². The molecule has 0 radical (unpaired) electrons. The van der Waals surface area contributed by atoms with Crippen LogP contribution in [-0.4, -0.2) is 51.9 Å². The van der Waals surface area contributed by atoms with E-state index in [1.807, 2.05) is 25.3 Å². The average molecular weight is 354 g/mol. The summed E-state index contributed by atoms with van der Waals surface area (Å²) in [5.74, 6) is -0.216. The number of fused-ring (bicyclic) bond motifs is 1. The number of anilines is 1. The average Bonchev–Trinajstić information content (AvgIpc) is 3.04. The summed E-state index contributed by atoms with van der Waals surface area (Å²) in [6.07, 6.45) is 3.53. The summed E-state index contributed by atoms with van der Waals surface area (Å²) in [5, 5.41) is 20.1. The van der Waals surface area contributed by atoms with E-state index in [1.54, 1.807) is 22.8 Å². The summed E-state index contributed by atoms with van der Waals surface area (Å²) in [6.45, 7) is 4.77. The molecule has 0 spiro atoms. The van der Waals surface area contributed by atoms with Gasteiger partial charge in [0.2, 0.25) is 0 Å². The highest BCUT2D eigenvalue weighted by atomic mass is 16.4. The molecule has 0 amide bonds. The maximum Gasteiger partial charge on any atom is 0.335 e. The first kappa shape index (κ1) is 17.8. The molecule has 0 saturated heterocycles. The number of carbonyl (C=O) groups is 1. The van der Waals surface area contributed by atoms with Crippen molar-refractivity contribution < 1.29 is 9.90 Å². The second kappa shape index (κ2) is 7.94. The normalized spacial score (nSPS) is 11.0. The number of carboxylic acids is 1. The number of hydrogen-bond acceptors (Lipinski definition) is 6. The van der Waals surface area contributed by atoms with E-state index in [-0.39, 0.29) is 5.56 Å². The van der Waals surface area contributed by atoms with Gasteiger partial charge in [-0.3, -0.25) is 0 Å². The van der Waals surface area contributed by atoms with E-state index in [2.05, 4.69) is 20.7 Å². The van der Waals surface area contributed by atoms with Gasteiger partial charge in [0.15, 0.2) is 5.65 Å². The fourth-order valence-corrected chi connectivity index (χ4v) is 2.74. The fraction of sp³-hybridized carbons (Fsp3) is 0.278. The third-order valence-corrected chi connectivity index (χ3v) is 3.93. The van der Waals surface area contributed by atoms with Crippen molar-refractivity contribution in [2.24, 2.45) is 5.73 Å². The minimum Gasteiger partial charge on any atom is -0.478 e. The molecule has 0 bridgehead atoms. The molecule has 0 saturated carbocycles. The van der Waals surface area contributed by atoms with Gasteiger partial charge >= 0.3 is 5.97 Å². The minimum atomic E-state index is -0.952. The van der Waals surface area contributed by atoms with Gasteiger partial charge < -0.3 is 21.5 Å². The molecule has 0 aliphatic rings. The van der Waals surface area contributed by atoms with Crippen LogP contribution in [0, 0.1) is 6.92 Å². The number of nitrogens with two attached hydrogens (primary N) is 1. The van der Waals surface area contributed by atoms with Crippen LogP contribution in [0.4, 0.5) is 5.82 Å². The van der Waals surface area contributed by atoms with Crippen LogP contribution in [0.15, 0.2) is 36.7 Å². The standard InChI is InChI=1S/C18H22N6O2/c1-12-8-13(10-14(9-12)18(25)26)15-11-22-24-7-2-16(23-17(15)24)21-6-5-20-4-3-19/h2,7-11,20H,3-6,19H2,1H3,(H,21,23)(H,25,26). The molecule has 5 N–H and O–H groups in total. The van der Waals surface area contributed by atoms with Crippen LogP contribution in [-0.2, 0) is 0 Å². The lowest BCUT2D eigenvalue weighted by Crippen LogP contribution is -2.27. The Morgan fingerprint density at radius 1 is 1.27 bits per heavy atom. The van der Waals surface area contributed by atoms with Crippen LogP contribution in [0.25, 0.3) is 16.8 Å². The number of carboxylic acid groups (broad SMARTS) is 1. The Kier molecular flexibility index (Phi) is 5.45. The number of aryl methyl sites for hydroxylation is 1. The number of aromatic nitrogens is 3. The molecule has 0 aliphatic carbocycles. The predicted octanol–water partition coefficient (Wildman–Crippen LogP) is 1.36. The Balaban J connectivity index is 1.88. The van der Waals surface area contributed by atoms with Crippen LogP contribution in [0.1, 0.15) is 15.9 Å². The zero-order valence-corrected chi connectivity index (χ0v) is 14.6. The molecule has 3 rings (SSSR count). The van der Waals surface area contributed by atoms with E-state index in [1.165, 1.54) is 0 Å². The van der Waals surface area contributed by atoms with Crippen molar-refractivity contribution in [3.05, 3.63) is 47.8 Å². The maximum absolute atomic E-state index is 11.3. The third kappa shape index (κ3) is 3.98. The lowest BCUT2D eigenvalue weighted by molar-refractivity contribution is 0.0697. The molecule has 26 heavy (non-hydrogen) atoms. The number of rotatable bonds is 8. The lowest BCUT2D eigenvalue weighted by atomic mass is 10.0. The van der Waals surface area contributed by atoms with Crippen molar-refractivity contribution in [3.63, 3.8) is 0 Å². The van der Waals surface area contributed by atoms with Gasteiger partial charge in [0.1, 0.15) is 5.82 Å². The van der Waals surface area contributed by atoms with E-state index < -0.39 is 5.97 Å². The van der Waals surface area contributed by atoms with Gasteiger partial charge in [0, 0.05) is 37.9 Å². The zero-order valence-electron chi connectivity index (χ0n) is 14.6. The molecule has 0 unspecified atom stereocenters. The quantitative estimate of drug-likeness (QED) is 0.451. The first-order valence-electron chi connectivity index (χ1n) is 8.43. The van der Waals surface area contributed by atoms with Crippen molar-refractivity contribution in [2.45, 2.75) is 6.92 Å². The van der Waals surface area contributed by atoms with Crippen molar-refractivity contribution in [1.29, 1.82) is 0 Å². The second-order valence-electron chi connectivity index (χ2n) is 6.00. The zero-order chi connectivity index (χ0) is 18.5. The topological polar surface area (TPSA) is 118 Å². The van der Waals surface area contributed by atoms with E-state index in [9.17, 15) is 9.90 Å². The van der Waals surface area contributed by atoms with E-state index in [0.717, 1.165) is 42.1 Å². The highest BCUT2D eigenvalue weighted by Crippen LogP contribution is 2.26. The van der Waals surface area contributed by atoms with Crippen molar-refractivity contribution in [2.75, 3.05) is 31.5 Å². The van der Waals surface area contributed by atoms with Crippen LogP contribution in [0.2, 0.25) is 0 Å². The third-order valence-electron chi connectivity index (χ3n) is 3.93. The summed E-state index contributed by atoms with van der Waals surface area (Å²) in [7, 11) is 0. The first-order valence-corrected chi connectivity index (χ1v) is 8.43. The highest BCUT2D eigenvalue weighted by molar-refractivity contribution is 5.91. The van der Waals surface area contributed by atoms with E-state index >= 15 is 0 Å². The minimum absolute atomic E-state index is 0.250. The number of hydrogen-bond donors (Lipinski definition) is 4. The van der Waals surface area contributed by atoms with Gasteiger partial charge in [-0.25, -0.2) is 14.3 Å². The van der Waals surface area contributed by atoms with Crippen LogP contribution in [0.3, 0.4) is 0 Å². The van der Waals surface area contributed by atoms with Gasteiger partial charge in [-0.1, -0.05) is 6.07 Å². The second-order valence-corrected chi connectivity index (χ2v) is 6.00. The van der Waals surface area contributed by atoms with E-state index in [0.29, 0.717) is 12.2 Å². The van der Waals surface area contributed by atoms with Gasteiger partial charge in [-0.2, -0.15) is 5.10 Å². The molecular weight excluding hydrogens is 332 g/mol. The maximum atomic E-state index is 11.3. The number of nitrogens with one attached hydrogen (secondary N) is 2. The molecule has 2 heterocycles. The Morgan fingerprint density at radius 3 is 2.88 bits per heavy atom. The molecular formula is C18H22N6O2. The molecule has 136 valence electrons. The number of aromatic carboxylic acids is 1. The monoisotopic (exact) mass is 354 g/mol. The SMILES string of the molecule is Cc1cc(C(=O)O)cc(-c2cnn3ccc(NCCNCCN)nc23)c1. The molecule has 2 aromatic heterocycles. The Morgan fingerprint density at radius 2 is 2.12 bits per heavy atom. The summed E-state index contributed by atoms with van der Waals surface area (Å²) in [5.41, 5.74) is 8.82. The van der Waals surface area contributed by atoms with Crippen molar-refractivity contribution in [1.82, 2.24) is 19.9 Å². The summed E-state index contributed by atoms with van der Waals surface area (Å²) in [4.78, 5) is 15.9. The number of benzene rings is 1. The Hall–Kier alpha value is -2.97. The van der Waals surface area contributed by atoms with E-state index in [4.69, 9.17) is 5.73 Å². The molecule has 8 heteroatoms. The lowest BCUT2D eigenvalue weighted by Gasteiger charge is -2.08. The molecule has 0 fully saturated rings. The molecule has 3 aromatic rings. The van der Waals surface area contributed by atoms with Gasteiger partial charge in [-0.05, 0) is 36.2 Å². The largest absolute Gasteiger partial charge is 0.478 e. The molecule has 8 nitrogen and oxygen atoms in total. The van der Waals surface area contributed by atoms with Gasteiger partial charge in [0.25, 0.3) is 0 Å². The first-order chi connectivity index (χ1) is 12.6. The van der Waals surface area contributed by atoms with Crippen LogP contribution in [0.5, 0.6) is 0 Å². The Labute approximate surface area is 151 Å². The van der Waals surface area contributed by atoms with Crippen LogP contribution < -0.4 is 16.4 Å². The Bertz CT molecular complexity index is 921. The number of nitrogens with zero attached hydrogens (tertiary/aromatic N) is 3.